The van der Waals surface area contributed by atoms with Gasteiger partial charge in [0.2, 0.25) is 0 Å². The third-order valence-corrected chi connectivity index (χ3v) is 4.56. The van der Waals surface area contributed by atoms with Crippen molar-refractivity contribution in [1.82, 2.24) is 5.32 Å². The molecule has 1 N–H and O–H groups in total. The Morgan fingerprint density at radius 3 is 2.94 bits per heavy atom. The largest absolute Gasteiger partial charge is 0.493 e. The van der Waals surface area contributed by atoms with Crippen molar-refractivity contribution in [1.29, 1.82) is 0 Å². The fourth-order valence-electron chi connectivity index (χ4n) is 2.27. The summed E-state index contributed by atoms with van der Waals surface area (Å²) in [4.78, 5) is 0. The first-order chi connectivity index (χ1) is 8.22. The van der Waals surface area contributed by atoms with Crippen LogP contribution in [0.3, 0.4) is 0 Å². The predicted octanol–water partition coefficient (Wildman–Crippen LogP) is 3.25. The van der Waals surface area contributed by atoms with E-state index in [0.29, 0.717) is 5.88 Å². The minimum atomic E-state index is 0.190. The molecule has 0 saturated heterocycles. The Hall–Kier alpha value is -0.250. The summed E-state index contributed by atoms with van der Waals surface area (Å²) >= 11 is 9.53. The molecule has 1 heterocycles. The van der Waals surface area contributed by atoms with Crippen LogP contribution >= 0.6 is 27.5 Å². The maximum Gasteiger partial charge on any atom is 0.127 e. The number of nitrogens with one attached hydrogen (secondary N) is 1. The highest BCUT2D eigenvalue weighted by Gasteiger charge is 2.41. The van der Waals surface area contributed by atoms with Gasteiger partial charge in [-0.3, -0.25) is 0 Å². The maximum atomic E-state index is 5.97. The van der Waals surface area contributed by atoms with Crippen LogP contribution in [0.5, 0.6) is 5.75 Å². The van der Waals surface area contributed by atoms with Gasteiger partial charge in [-0.1, -0.05) is 15.9 Å². The van der Waals surface area contributed by atoms with Gasteiger partial charge in [0.05, 0.1) is 6.61 Å². The lowest BCUT2D eigenvalue weighted by atomic mass is 10.1. The third-order valence-electron chi connectivity index (χ3n) is 3.59. The monoisotopic (exact) mass is 315 g/mol. The van der Waals surface area contributed by atoms with Crippen LogP contribution in [0.1, 0.15) is 24.0 Å². The molecule has 0 bridgehead atoms. The normalized spacial score (nSPS) is 19.9. The Morgan fingerprint density at radius 1 is 1.41 bits per heavy atom. The number of benzene rings is 1. The molecular formula is C13H15BrClNO. The van der Waals surface area contributed by atoms with Crippen LogP contribution in [0, 0.1) is 0 Å². The Balaban J connectivity index is 1.78. The standard InChI is InChI=1S/C13H15BrClNO/c14-11-5-9-1-4-17-12(9)10(6-11)7-16-13(8-15)2-3-13/h5-6,16H,1-4,7-8H2. The van der Waals surface area contributed by atoms with Gasteiger partial charge in [0.1, 0.15) is 5.75 Å². The van der Waals surface area contributed by atoms with Gasteiger partial charge in [0.15, 0.2) is 0 Å². The summed E-state index contributed by atoms with van der Waals surface area (Å²) in [7, 11) is 0. The highest BCUT2D eigenvalue weighted by Crippen LogP contribution is 2.38. The van der Waals surface area contributed by atoms with Crippen LogP contribution in [0.15, 0.2) is 16.6 Å². The van der Waals surface area contributed by atoms with Gasteiger partial charge in [-0.05, 0) is 30.5 Å². The lowest BCUT2D eigenvalue weighted by Crippen LogP contribution is -2.32. The van der Waals surface area contributed by atoms with Gasteiger partial charge in [0, 0.05) is 34.4 Å². The SMILES string of the molecule is ClCC1(NCc2cc(Br)cc3c2OCC3)CC1. The Kier molecular flexibility index (Phi) is 3.09. The van der Waals surface area contributed by atoms with Crippen molar-refractivity contribution < 1.29 is 4.74 Å². The van der Waals surface area contributed by atoms with Crippen molar-refractivity contribution >= 4 is 27.5 Å². The number of ether oxygens (including phenoxy) is 1. The zero-order valence-electron chi connectivity index (χ0n) is 9.56. The molecule has 17 heavy (non-hydrogen) atoms. The van der Waals surface area contributed by atoms with Crippen LogP contribution in [0.2, 0.25) is 0 Å². The van der Waals surface area contributed by atoms with Crippen molar-refractivity contribution in [2.24, 2.45) is 0 Å². The molecule has 1 aliphatic carbocycles. The fourth-order valence-corrected chi connectivity index (χ4v) is 3.18. The smallest absolute Gasteiger partial charge is 0.127 e. The number of alkyl halides is 1. The van der Waals surface area contributed by atoms with E-state index in [1.165, 1.54) is 24.0 Å². The molecule has 0 unspecified atom stereocenters. The van der Waals surface area contributed by atoms with Crippen LogP contribution < -0.4 is 10.1 Å². The molecule has 4 heteroatoms. The topological polar surface area (TPSA) is 21.3 Å². The van der Waals surface area contributed by atoms with Crippen LogP contribution in [-0.4, -0.2) is 18.0 Å². The third kappa shape index (κ3) is 2.33. The highest BCUT2D eigenvalue weighted by molar-refractivity contribution is 9.10. The van der Waals surface area contributed by atoms with Gasteiger partial charge in [-0.2, -0.15) is 0 Å². The Morgan fingerprint density at radius 2 is 2.24 bits per heavy atom. The molecule has 1 saturated carbocycles. The van der Waals surface area contributed by atoms with Crippen molar-refractivity contribution in [3.05, 3.63) is 27.7 Å². The van der Waals surface area contributed by atoms with E-state index < -0.39 is 0 Å². The van der Waals surface area contributed by atoms with Gasteiger partial charge in [-0.15, -0.1) is 11.6 Å². The zero-order chi connectivity index (χ0) is 11.9. The predicted molar refractivity (Wildman–Crippen MR) is 72.9 cm³/mol. The lowest BCUT2D eigenvalue weighted by Gasteiger charge is -2.16. The van der Waals surface area contributed by atoms with E-state index >= 15 is 0 Å². The second-order valence-electron chi connectivity index (χ2n) is 4.92. The average molecular weight is 317 g/mol. The minimum absolute atomic E-state index is 0.190. The van der Waals surface area contributed by atoms with Crippen LogP contribution in [0.25, 0.3) is 0 Å². The van der Waals surface area contributed by atoms with E-state index in [9.17, 15) is 0 Å². The van der Waals surface area contributed by atoms with Crippen LogP contribution in [0.4, 0.5) is 0 Å². The molecule has 0 spiro atoms. The van der Waals surface area contributed by atoms with Crippen LogP contribution in [-0.2, 0) is 13.0 Å². The van der Waals surface area contributed by atoms with E-state index in [2.05, 4.69) is 33.4 Å². The number of rotatable bonds is 4. The number of fused-ring (bicyclic) bond motifs is 1. The molecule has 1 fully saturated rings. The second kappa shape index (κ2) is 4.45. The summed E-state index contributed by atoms with van der Waals surface area (Å²) in [6, 6.07) is 4.29. The fraction of sp³-hybridized carbons (Fsp3) is 0.538. The summed E-state index contributed by atoms with van der Waals surface area (Å²) in [5.74, 6) is 1.77. The van der Waals surface area contributed by atoms with Crippen molar-refractivity contribution in [2.45, 2.75) is 31.3 Å². The van der Waals surface area contributed by atoms with E-state index in [-0.39, 0.29) is 5.54 Å². The van der Waals surface area contributed by atoms with Crippen molar-refractivity contribution in [3.63, 3.8) is 0 Å². The summed E-state index contributed by atoms with van der Waals surface area (Å²) < 4.78 is 6.84. The van der Waals surface area contributed by atoms with E-state index in [0.717, 1.165) is 29.8 Å². The quantitative estimate of drug-likeness (QED) is 0.861. The highest BCUT2D eigenvalue weighted by atomic mass is 79.9. The molecule has 0 radical (unpaired) electrons. The zero-order valence-corrected chi connectivity index (χ0v) is 11.9. The number of hydrogen-bond donors (Lipinski definition) is 1. The summed E-state index contributed by atoms with van der Waals surface area (Å²) in [6.45, 7) is 1.65. The first-order valence-corrected chi connectivity index (χ1v) is 7.30. The van der Waals surface area contributed by atoms with Gasteiger partial charge >= 0.3 is 0 Å². The molecule has 1 aliphatic heterocycles. The Labute approximate surface area is 115 Å². The lowest BCUT2D eigenvalue weighted by molar-refractivity contribution is 0.351. The summed E-state index contributed by atoms with van der Waals surface area (Å²) in [6.07, 6.45) is 3.39. The molecule has 3 rings (SSSR count). The maximum absolute atomic E-state index is 5.97. The molecule has 1 aromatic carbocycles. The van der Waals surface area contributed by atoms with Crippen molar-refractivity contribution in [2.75, 3.05) is 12.5 Å². The average Bonchev–Trinajstić information content (AvgIpc) is 2.96. The number of hydrogen-bond acceptors (Lipinski definition) is 2. The van der Waals surface area contributed by atoms with E-state index in [1.807, 2.05) is 0 Å². The second-order valence-corrected chi connectivity index (χ2v) is 6.10. The summed E-state index contributed by atoms with van der Waals surface area (Å²) in [5.41, 5.74) is 2.74. The molecule has 2 nitrogen and oxygen atoms in total. The minimum Gasteiger partial charge on any atom is -0.493 e. The van der Waals surface area contributed by atoms with E-state index in [1.54, 1.807) is 0 Å². The first kappa shape index (κ1) is 11.8. The molecule has 2 aliphatic rings. The molecule has 1 aromatic rings. The molecule has 0 aromatic heterocycles. The van der Waals surface area contributed by atoms with Gasteiger partial charge < -0.3 is 10.1 Å². The molecule has 0 atom stereocenters. The van der Waals surface area contributed by atoms with E-state index in [4.69, 9.17) is 16.3 Å². The molecular weight excluding hydrogens is 302 g/mol. The van der Waals surface area contributed by atoms with Gasteiger partial charge in [0.25, 0.3) is 0 Å². The first-order valence-electron chi connectivity index (χ1n) is 5.98. The number of halogens is 2. The van der Waals surface area contributed by atoms with Gasteiger partial charge in [-0.25, -0.2) is 0 Å². The Bertz CT molecular complexity index is 445. The molecule has 0 amide bonds. The molecule has 92 valence electrons. The van der Waals surface area contributed by atoms with Crippen molar-refractivity contribution in [3.8, 4) is 5.75 Å². The summed E-state index contributed by atoms with van der Waals surface area (Å²) in [5, 5.41) is 3.56.